The minimum absolute atomic E-state index is 0.0897. The predicted molar refractivity (Wildman–Crippen MR) is 31.8 cm³/mol. The molecule has 0 unspecified atom stereocenters. The van der Waals surface area contributed by atoms with Crippen LogP contribution in [0.5, 0.6) is 0 Å². The molecule has 0 saturated heterocycles. The average Bonchev–Trinajstić information content (AvgIpc) is 1.67. The first-order chi connectivity index (χ1) is 3.68. The van der Waals surface area contributed by atoms with Crippen LogP contribution in [0.3, 0.4) is 0 Å². The summed E-state index contributed by atoms with van der Waals surface area (Å²) < 4.78 is 4.95. The van der Waals surface area contributed by atoms with E-state index in [1.807, 2.05) is 6.92 Å². The first-order valence-electron chi connectivity index (χ1n) is 2.80. The molecule has 0 heterocycles. The van der Waals surface area contributed by atoms with E-state index in [9.17, 15) is 4.79 Å². The first-order valence-corrected chi connectivity index (χ1v) is 2.80. The van der Waals surface area contributed by atoms with E-state index in [4.69, 9.17) is 4.74 Å². The standard InChI is InChI=1S/C6H12O2/c1-4-8-6(3)5(2)7/h6H,4H2,1-3H3/t6-/m1/s1. The lowest BCUT2D eigenvalue weighted by Gasteiger charge is -2.04. The zero-order chi connectivity index (χ0) is 6.57. The molecule has 0 aliphatic heterocycles. The van der Waals surface area contributed by atoms with Gasteiger partial charge in [0.25, 0.3) is 0 Å². The van der Waals surface area contributed by atoms with Gasteiger partial charge in [-0.15, -0.1) is 0 Å². The highest BCUT2D eigenvalue weighted by atomic mass is 16.5. The predicted octanol–water partition coefficient (Wildman–Crippen LogP) is 1.00. The minimum atomic E-state index is -0.222. The van der Waals surface area contributed by atoms with E-state index in [2.05, 4.69) is 0 Å². The minimum Gasteiger partial charge on any atom is -0.371 e. The van der Waals surface area contributed by atoms with Crippen LogP contribution in [0.15, 0.2) is 0 Å². The van der Waals surface area contributed by atoms with Crippen LogP contribution in [0.25, 0.3) is 0 Å². The van der Waals surface area contributed by atoms with Gasteiger partial charge in [0, 0.05) is 6.61 Å². The van der Waals surface area contributed by atoms with E-state index in [1.54, 1.807) is 6.92 Å². The van der Waals surface area contributed by atoms with Crippen molar-refractivity contribution in [2.24, 2.45) is 0 Å². The van der Waals surface area contributed by atoms with Crippen molar-refractivity contribution in [3.8, 4) is 0 Å². The SMILES string of the molecule is CCO[C@H](C)C(C)=O. The van der Waals surface area contributed by atoms with E-state index in [0.29, 0.717) is 6.61 Å². The van der Waals surface area contributed by atoms with E-state index in [1.165, 1.54) is 6.92 Å². The number of ketones is 1. The monoisotopic (exact) mass is 116 g/mol. The van der Waals surface area contributed by atoms with Crippen LogP contribution < -0.4 is 0 Å². The van der Waals surface area contributed by atoms with E-state index >= 15 is 0 Å². The van der Waals surface area contributed by atoms with Gasteiger partial charge in [-0.2, -0.15) is 0 Å². The molecule has 0 saturated carbocycles. The zero-order valence-electron chi connectivity index (χ0n) is 5.60. The number of carbonyl (C=O) groups is 1. The summed E-state index contributed by atoms with van der Waals surface area (Å²) in [6.45, 7) is 5.77. The summed E-state index contributed by atoms with van der Waals surface area (Å²) in [5.41, 5.74) is 0. The van der Waals surface area contributed by atoms with Crippen molar-refractivity contribution in [3.05, 3.63) is 0 Å². The molecule has 0 radical (unpaired) electrons. The number of rotatable bonds is 3. The van der Waals surface area contributed by atoms with Gasteiger partial charge >= 0.3 is 0 Å². The van der Waals surface area contributed by atoms with Crippen molar-refractivity contribution < 1.29 is 9.53 Å². The van der Waals surface area contributed by atoms with Crippen LogP contribution in [0.2, 0.25) is 0 Å². The van der Waals surface area contributed by atoms with Gasteiger partial charge in [-0.05, 0) is 20.8 Å². The fourth-order valence-electron chi connectivity index (χ4n) is 0.367. The summed E-state index contributed by atoms with van der Waals surface area (Å²) >= 11 is 0. The van der Waals surface area contributed by atoms with Gasteiger partial charge in [0.05, 0.1) is 0 Å². The maximum atomic E-state index is 10.4. The number of ether oxygens (including phenoxy) is 1. The number of hydrogen-bond donors (Lipinski definition) is 0. The Hall–Kier alpha value is -0.370. The van der Waals surface area contributed by atoms with Crippen molar-refractivity contribution >= 4 is 5.78 Å². The molecule has 0 spiro atoms. The van der Waals surface area contributed by atoms with Crippen LogP contribution in [-0.4, -0.2) is 18.5 Å². The zero-order valence-corrected chi connectivity index (χ0v) is 5.60. The molecular formula is C6H12O2. The van der Waals surface area contributed by atoms with Crippen molar-refractivity contribution in [2.45, 2.75) is 26.9 Å². The molecule has 0 amide bonds. The number of hydrogen-bond acceptors (Lipinski definition) is 2. The van der Waals surface area contributed by atoms with Crippen LogP contribution in [-0.2, 0) is 9.53 Å². The average molecular weight is 116 g/mol. The summed E-state index contributed by atoms with van der Waals surface area (Å²) in [5, 5.41) is 0. The summed E-state index contributed by atoms with van der Waals surface area (Å²) in [6, 6.07) is 0. The summed E-state index contributed by atoms with van der Waals surface area (Å²) in [6.07, 6.45) is -0.222. The largest absolute Gasteiger partial charge is 0.371 e. The Morgan fingerprint density at radius 2 is 2.25 bits per heavy atom. The molecule has 1 atom stereocenters. The van der Waals surface area contributed by atoms with Crippen molar-refractivity contribution in [2.75, 3.05) is 6.61 Å². The topological polar surface area (TPSA) is 26.3 Å². The quantitative estimate of drug-likeness (QED) is 0.550. The maximum Gasteiger partial charge on any atom is 0.158 e. The third-order valence-corrected chi connectivity index (χ3v) is 0.989. The lowest BCUT2D eigenvalue weighted by Crippen LogP contribution is -2.16. The third kappa shape index (κ3) is 2.75. The lowest BCUT2D eigenvalue weighted by atomic mass is 10.3. The highest BCUT2D eigenvalue weighted by Crippen LogP contribution is 1.89. The fraction of sp³-hybridized carbons (Fsp3) is 0.833. The Morgan fingerprint density at radius 1 is 1.75 bits per heavy atom. The second-order valence-corrected chi connectivity index (χ2v) is 1.71. The van der Waals surface area contributed by atoms with Crippen LogP contribution in [0, 0.1) is 0 Å². The van der Waals surface area contributed by atoms with Crippen LogP contribution in [0.4, 0.5) is 0 Å². The van der Waals surface area contributed by atoms with Gasteiger partial charge < -0.3 is 4.74 Å². The molecule has 2 heteroatoms. The molecule has 2 nitrogen and oxygen atoms in total. The molecule has 0 N–H and O–H groups in total. The second-order valence-electron chi connectivity index (χ2n) is 1.71. The van der Waals surface area contributed by atoms with Gasteiger partial charge in [0.2, 0.25) is 0 Å². The normalized spacial score (nSPS) is 13.4. The van der Waals surface area contributed by atoms with Crippen molar-refractivity contribution in [1.82, 2.24) is 0 Å². The Kier molecular flexibility index (Phi) is 3.44. The van der Waals surface area contributed by atoms with Gasteiger partial charge in [0.1, 0.15) is 6.10 Å². The molecule has 0 aromatic carbocycles. The van der Waals surface area contributed by atoms with Crippen molar-refractivity contribution in [1.29, 1.82) is 0 Å². The molecule has 48 valence electrons. The smallest absolute Gasteiger partial charge is 0.158 e. The van der Waals surface area contributed by atoms with E-state index in [-0.39, 0.29) is 11.9 Å². The van der Waals surface area contributed by atoms with Gasteiger partial charge in [-0.3, -0.25) is 4.79 Å². The van der Waals surface area contributed by atoms with E-state index in [0.717, 1.165) is 0 Å². The Morgan fingerprint density at radius 3 is 2.38 bits per heavy atom. The molecule has 0 rings (SSSR count). The summed E-state index contributed by atoms with van der Waals surface area (Å²) in [7, 11) is 0. The van der Waals surface area contributed by atoms with Crippen LogP contribution >= 0.6 is 0 Å². The number of Topliss-reactive ketones (excluding diaryl/α,β-unsaturated/α-hetero) is 1. The highest BCUT2D eigenvalue weighted by molar-refractivity contribution is 5.79. The van der Waals surface area contributed by atoms with E-state index < -0.39 is 0 Å². The van der Waals surface area contributed by atoms with Gasteiger partial charge in [-0.25, -0.2) is 0 Å². The molecule has 0 aromatic heterocycles. The molecule has 0 bridgehead atoms. The molecule has 8 heavy (non-hydrogen) atoms. The number of carbonyl (C=O) groups excluding carboxylic acids is 1. The Bertz CT molecular complexity index is 78.6. The van der Waals surface area contributed by atoms with Gasteiger partial charge in [-0.1, -0.05) is 0 Å². The molecule has 0 fully saturated rings. The first kappa shape index (κ1) is 7.63. The molecule has 0 aliphatic rings. The maximum absolute atomic E-state index is 10.4. The van der Waals surface area contributed by atoms with Crippen molar-refractivity contribution in [3.63, 3.8) is 0 Å². The lowest BCUT2D eigenvalue weighted by molar-refractivity contribution is -0.126. The summed E-state index contributed by atoms with van der Waals surface area (Å²) in [5.74, 6) is 0.0897. The third-order valence-electron chi connectivity index (χ3n) is 0.989. The Balaban J connectivity index is 3.32. The summed E-state index contributed by atoms with van der Waals surface area (Å²) in [4.78, 5) is 10.4. The molecule has 0 aliphatic carbocycles. The highest BCUT2D eigenvalue weighted by Gasteiger charge is 2.03. The van der Waals surface area contributed by atoms with Crippen LogP contribution in [0.1, 0.15) is 20.8 Å². The second kappa shape index (κ2) is 3.61. The Labute approximate surface area is 49.8 Å². The molecule has 0 aromatic rings. The fourth-order valence-corrected chi connectivity index (χ4v) is 0.367. The molecular weight excluding hydrogens is 104 g/mol. The van der Waals surface area contributed by atoms with Gasteiger partial charge in [0.15, 0.2) is 5.78 Å².